The lowest BCUT2D eigenvalue weighted by molar-refractivity contribution is 0.663. The summed E-state index contributed by atoms with van der Waals surface area (Å²) in [7, 11) is 0. The molecule has 0 radical (unpaired) electrons. The average molecular weight is 215 g/mol. The molecule has 1 aromatic heterocycles. The summed E-state index contributed by atoms with van der Waals surface area (Å²) < 4.78 is 1.83. The maximum atomic E-state index is 4.14. The highest BCUT2D eigenvalue weighted by Gasteiger charge is 2.23. The van der Waals surface area contributed by atoms with Crippen molar-refractivity contribution in [2.75, 3.05) is 13.1 Å². The van der Waals surface area contributed by atoms with Crippen LogP contribution < -0.4 is 5.32 Å². The number of nitrogens with zero attached hydrogens (tertiary/aromatic N) is 4. The Labute approximate surface area is 93.5 Å². The van der Waals surface area contributed by atoms with E-state index in [1.807, 2.05) is 35.0 Å². The van der Waals surface area contributed by atoms with Gasteiger partial charge in [0.2, 0.25) is 0 Å². The Morgan fingerprint density at radius 3 is 2.88 bits per heavy atom. The molecule has 1 unspecified atom stereocenters. The number of hydrogen-bond donors (Lipinski definition) is 1. The third-order valence-corrected chi connectivity index (χ3v) is 2.92. The van der Waals surface area contributed by atoms with E-state index >= 15 is 0 Å². The van der Waals surface area contributed by atoms with Crippen LogP contribution in [0, 0.1) is 0 Å². The molecule has 1 aromatic carbocycles. The van der Waals surface area contributed by atoms with Crippen molar-refractivity contribution in [2.45, 2.75) is 12.3 Å². The molecule has 16 heavy (non-hydrogen) atoms. The quantitative estimate of drug-likeness (QED) is 0.802. The Balaban J connectivity index is 1.99. The van der Waals surface area contributed by atoms with Crippen molar-refractivity contribution in [2.24, 2.45) is 0 Å². The van der Waals surface area contributed by atoms with Gasteiger partial charge in [0.15, 0.2) is 5.82 Å². The number of hydrogen-bond acceptors (Lipinski definition) is 4. The van der Waals surface area contributed by atoms with Crippen LogP contribution >= 0.6 is 0 Å². The fraction of sp³-hybridized carbons (Fsp3) is 0.364. The minimum atomic E-state index is 0.426. The van der Waals surface area contributed by atoms with Crippen molar-refractivity contribution in [3.05, 3.63) is 36.2 Å². The molecule has 1 saturated heterocycles. The Morgan fingerprint density at radius 1 is 1.25 bits per heavy atom. The van der Waals surface area contributed by atoms with E-state index in [4.69, 9.17) is 0 Å². The molecule has 3 rings (SSSR count). The monoisotopic (exact) mass is 215 g/mol. The summed E-state index contributed by atoms with van der Waals surface area (Å²) in [4.78, 5) is 0. The molecule has 0 amide bonds. The molecule has 82 valence electrons. The lowest BCUT2D eigenvalue weighted by Crippen LogP contribution is -2.12. The molecular formula is C11H13N5. The van der Waals surface area contributed by atoms with Crippen LogP contribution in [0.4, 0.5) is 0 Å². The molecule has 1 aliphatic rings. The van der Waals surface area contributed by atoms with Gasteiger partial charge in [0.05, 0.1) is 5.69 Å². The summed E-state index contributed by atoms with van der Waals surface area (Å²) in [6.45, 7) is 2.01. The third kappa shape index (κ3) is 1.59. The summed E-state index contributed by atoms with van der Waals surface area (Å²) in [6.07, 6.45) is 1.10. The molecule has 0 aliphatic carbocycles. The second-order valence-electron chi connectivity index (χ2n) is 3.97. The van der Waals surface area contributed by atoms with Gasteiger partial charge in [-0.05, 0) is 35.5 Å². The van der Waals surface area contributed by atoms with E-state index in [0.717, 1.165) is 31.0 Å². The molecule has 1 aliphatic heterocycles. The van der Waals surface area contributed by atoms with Crippen LogP contribution in [0.15, 0.2) is 30.3 Å². The van der Waals surface area contributed by atoms with Gasteiger partial charge < -0.3 is 5.32 Å². The van der Waals surface area contributed by atoms with Gasteiger partial charge in [0.1, 0.15) is 0 Å². The molecule has 1 N–H and O–H groups in total. The van der Waals surface area contributed by atoms with E-state index in [-0.39, 0.29) is 0 Å². The number of benzene rings is 1. The van der Waals surface area contributed by atoms with Crippen LogP contribution in [0.1, 0.15) is 18.2 Å². The van der Waals surface area contributed by atoms with Gasteiger partial charge in [-0.1, -0.05) is 18.2 Å². The lowest BCUT2D eigenvalue weighted by Gasteiger charge is -2.08. The van der Waals surface area contributed by atoms with E-state index in [0.29, 0.717) is 5.92 Å². The van der Waals surface area contributed by atoms with Gasteiger partial charge in [-0.15, -0.1) is 5.10 Å². The standard InChI is InChI=1S/C11H13N5/c1-2-4-10(5-3-1)16-11(13-14-15-16)9-6-7-12-8-9/h1-5,9,12H,6-8H2. The normalized spacial score (nSPS) is 20.1. The van der Waals surface area contributed by atoms with Crippen molar-refractivity contribution in [3.8, 4) is 5.69 Å². The molecule has 2 aromatic rings. The van der Waals surface area contributed by atoms with E-state index < -0.39 is 0 Å². The molecule has 0 spiro atoms. The van der Waals surface area contributed by atoms with E-state index in [9.17, 15) is 0 Å². The number of nitrogens with one attached hydrogen (secondary N) is 1. The molecule has 1 atom stereocenters. The summed E-state index contributed by atoms with van der Waals surface area (Å²) in [6, 6.07) is 10.0. The van der Waals surface area contributed by atoms with Crippen molar-refractivity contribution < 1.29 is 0 Å². The first-order valence-electron chi connectivity index (χ1n) is 5.49. The SMILES string of the molecule is c1ccc(-n2nnnc2C2CCNC2)cc1. The third-order valence-electron chi connectivity index (χ3n) is 2.92. The number of rotatable bonds is 2. The van der Waals surface area contributed by atoms with Crippen molar-refractivity contribution in [1.82, 2.24) is 25.5 Å². The fourth-order valence-electron chi connectivity index (χ4n) is 2.08. The summed E-state index contributed by atoms with van der Waals surface area (Å²) >= 11 is 0. The van der Waals surface area contributed by atoms with Gasteiger partial charge in [0.25, 0.3) is 0 Å². The lowest BCUT2D eigenvalue weighted by atomic mass is 10.1. The van der Waals surface area contributed by atoms with Gasteiger partial charge in [0, 0.05) is 12.5 Å². The predicted molar refractivity (Wildman–Crippen MR) is 59.4 cm³/mol. The van der Waals surface area contributed by atoms with Crippen LogP contribution in [0.5, 0.6) is 0 Å². The molecule has 5 heteroatoms. The fourth-order valence-corrected chi connectivity index (χ4v) is 2.08. The van der Waals surface area contributed by atoms with Crippen LogP contribution in [-0.2, 0) is 0 Å². The largest absolute Gasteiger partial charge is 0.316 e. The van der Waals surface area contributed by atoms with Gasteiger partial charge in [-0.25, -0.2) is 0 Å². The molecular weight excluding hydrogens is 202 g/mol. The highest BCUT2D eigenvalue weighted by Crippen LogP contribution is 2.21. The van der Waals surface area contributed by atoms with E-state index in [1.165, 1.54) is 0 Å². The van der Waals surface area contributed by atoms with Crippen LogP contribution in [0.3, 0.4) is 0 Å². The van der Waals surface area contributed by atoms with Crippen molar-refractivity contribution in [3.63, 3.8) is 0 Å². The Kier molecular flexibility index (Phi) is 2.38. The predicted octanol–water partition coefficient (Wildman–Crippen LogP) is 0.739. The first-order valence-corrected chi connectivity index (χ1v) is 5.49. The second kappa shape index (κ2) is 4.02. The zero-order chi connectivity index (χ0) is 10.8. The van der Waals surface area contributed by atoms with Crippen molar-refractivity contribution in [1.29, 1.82) is 0 Å². The van der Waals surface area contributed by atoms with Gasteiger partial charge in [-0.2, -0.15) is 4.68 Å². The average Bonchev–Trinajstić information content (AvgIpc) is 3.01. The first kappa shape index (κ1) is 9.47. The smallest absolute Gasteiger partial charge is 0.161 e. The van der Waals surface area contributed by atoms with E-state index in [1.54, 1.807) is 0 Å². The Morgan fingerprint density at radius 2 is 2.12 bits per heavy atom. The highest BCUT2D eigenvalue weighted by molar-refractivity contribution is 5.31. The maximum Gasteiger partial charge on any atom is 0.161 e. The molecule has 0 bridgehead atoms. The number of aromatic nitrogens is 4. The minimum absolute atomic E-state index is 0.426. The maximum absolute atomic E-state index is 4.14. The summed E-state index contributed by atoms with van der Waals surface area (Å²) in [5, 5.41) is 15.3. The van der Waals surface area contributed by atoms with Crippen LogP contribution in [-0.4, -0.2) is 33.3 Å². The molecule has 2 heterocycles. The highest BCUT2D eigenvalue weighted by atomic mass is 15.5. The molecule has 0 saturated carbocycles. The van der Waals surface area contributed by atoms with Gasteiger partial charge >= 0.3 is 0 Å². The number of tetrazole rings is 1. The summed E-state index contributed by atoms with van der Waals surface area (Å²) in [5.41, 5.74) is 1.02. The first-order chi connectivity index (χ1) is 7.95. The van der Waals surface area contributed by atoms with Gasteiger partial charge in [-0.3, -0.25) is 0 Å². The Bertz CT molecular complexity index is 458. The second-order valence-corrected chi connectivity index (χ2v) is 3.97. The van der Waals surface area contributed by atoms with E-state index in [2.05, 4.69) is 20.8 Å². The minimum Gasteiger partial charge on any atom is -0.316 e. The number of para-hydroxylation sites is 1. The zero-order valence-electron chi connectivity index (χ0n) is 8.87. The Hall–Kier alpha value is -1.75. The molecule has 5 nitrogen and oxygen atoms in total. The van der Waals surface area contributed by atoms with Crippen LogP contribution in [0.2, 0.25) is 0 Å². The summed E-state index contributed by atoms with van der Waals surface area (Å²) in [5.74, 6) is 1.38. The topological polar surface area (TPSA) is 55.6 Å². The zero-order valence-corrected chi connectivity index (χ0v) is 8.87. The van der Waals surface area contributed by atoms with Crippen LogP contribution in [0.25, 0.3) is 5.69 Å². The molecule has 1 fully saturated rings. The van der Waals surface area contributed by atoms with Crippen molar-refractivity contribution >= 4 is 0 Å².